The standard InChI is InChI=1S/C15H12N6O2S/c1-11-6-7-18-15(20-11)21-24(22,23)14-4-2-13(3-5-14)19-10-12(8-16)9-17/h2-7,10,19H,1H3,(H,18,20,21). The van der Waals surface area contributed by atoms with Gasteiger partial charge in [0.15, 0.2) is 0 Å². The summed E-state index contributed by atoms with van der Waals surface area (Å²) >= 11 is 0. The highest BCUT2D eigenvalue weighted by molar-refractivity contribution is 7.92. The first kappa shape index (κ1) is 16.9. The van der Waals surface area contributed by atoms with E-state index in [0.717, 1.165) is 0 Å². The summed E-state index contributed by atoms with van der Waals surface area (Å²) in [4.78, 5) is 7.87. The van der Waals surface area contributed by atoms with Crippen LogP contribution in [0.4, 0.5) is 11.6 Å². The van der Waals surface area contributed by atoms with Gasteiger partial charge in [-0.05, 0) is 37.3 Å². The minimum atomic E-state index is -3.81. The number of hydrogen-bond donors (Lipinski definition) is 2. The molecule has 1 aromatic heterocycles. The maximum atomic E-state index is 12.3. The summed E-state index contributed by atoms with van der Waals surface area (Å²) in [5.74, 6) is -0.00665. The normalized spacial score (nSPS) is 10.1. The van der Waals surface area contributed by atoms with Gasteiger partial charge < -0.3 is 5.32 Å². The summed E-state index contributed by atoms with van der Waals surface area (Å²) in [6, 6.07) is 10.8. The second-order valence-corrected chi connectivity index (χ2v) is 6.26. The predicted octanol–water partition coefficient (Wildman–Crippen LogP) is 1.93. The molecule has 0 saturated heterocycles. The molecule has 2 rings (SSSR count). The topological polar surface area (TPSA) is 132 Å². The number of allylic oxidation sites excluding steroid dienone is 1. The lowest BCUT2D eigenvalue weighted by Crippen LogP contribution is -2.15. The Morgan fingerprint density at radius 3 is 2.42 bits per heavy atom. The van der Waals surface area contributed by atoms with E-state index in [4.69, 9.17) is 10.5 Å². The Kier molecular flexibility index (Phi) is 5.09. The summed E-state index contributed by atoms with van der Waals surface area (Å²) in [6.45, 7) is 1.73. The van der Waals surface area contributed by atoms with Crippen LogP contribution in [0, 0.1) is 29.6 Å². The highest BCUT2D eigenvalue weighted by atomic mass is 32.2. The molecule has 24 heavy (non-hydrogen) atoms. The van der Waals surface area contributed by atoms with Crippen molar-refractivity contribution in [2.45, 2.75) is 11.8 Å². The Balaban J connectivity index is 2.16. The van der Waals surface area contributed by atoms with Gasteiger partial charge in [0.2, 0.25) is 5.95 Å². The molecule has 1 aromatic carbocycles. The highest BCUT2D eigenvalue weighted by Gasteiger charge is 2.15. The average Bonchev–Trinajstić information content (AvgIpc) is 2.56. The first-order valence-electron chi connectivity index (χ1n) is 6.64. The van der Waals surface area contributed by atoms with Crippen LogP contribution in [0.1, 0.15) is 5.69 Å². The van der Waals surface area contributed by atoms with Crippen LogP contribution in [0.5, 0.6) is 0 Å². The zero-order valence-electron chi connectivity index (χ0n) is 12.6. The van der Waals surface area contributed by atoms with Crippen LogP contribution < -0.4 is 10.0 Å². The number of sulfonamides is 1. The number of nitrogens with one attached hydrogen (secondary N) is 2. The minimum Gasteiger partial charge on any atom is -0.360 e. The molecule has 1 heterocycles. The van der Waals surface area contributed by atoms with Gasteiger partial charge in [-0.1, -0.05) is 0 Å². The molecule has 2 N–H and O–H groups in total. The van der Waals surface area contributed by atoms with Crippen molar-refractivity contribution in [2.75, 3.05) is 10.0 Å². The SMILES string of the molecule is Cc1ccnc(NS(=O)(=O)c2ccc(NC=C(C#N)C#N)cc2)n1. The number of nitrogens with zero attached hydrogens (tertiary/aromatic N) is 4. The summed E-state index contributed by atoms with van der Waals surface area (Å²) in [5.41, 5.74) is 1.08. The van der Waals surface area contributed by atoms with Gasteiger partial charge in [0.25, 0.3) is 10.0 Å². The van der Waals surface area contributed by atoms with Crippen molar-refractivity contribution in [3.05, 3.63) is 54.0 Å². The van der Waals surface area contributed by atoms with Crippen molar-refractivity contribution >= 4 is 21.7 Å². The molecule has 120 valence electrons. The third-order valence-electron chi connectivity index (χ3n) is 2.81. The molecule has 0 aliphatic carbocycles. The Morgan fingerprint density at radius 1 is 1.17 bits per heavy atom. The predicted molar refractivity (Wildman–Crippen MR) is 87.0 cm³/mol. The number of hydrogen-bond acceptors (Lipinski definition) is 7. The maximum Gasteiger partial charge on any atom is 0.264 e. The van der Waals surface area contributed by atoms with E-state index < -0.39 is 10.0 Å². The van der Waals surface area contributed by atoms with Gasteiger partial charge in [0.05, 0.1) is 4.90 Å². The fourth-order valence-corrected chi connectivity index (χ4v) is 2.60. The molecule has 8 nitrogen and oxygen atoms in total. The van der Waals surface area contributed by atoms with E-state index in [2.05, 4.69) is 20.0 Å². The first-order valence-corrected chi connectivity index (χ1v) is 8.12. The summed E-state index contributed by atoms with van der Waals surface area (Å²) in [5, 5.41) is 20.0. The fourth-order valence-electron chi connectivity index (χ4n) is 1.65. The number of rotatable bonds is 5. The molecule has 9 heteroatoms. The van der Waals surface area contributed by atoms with Crippen molar-refractivity contribution in [3.8, 4) is 12.1 Å². The number of anilines is 2. The Hall–Kier alpha value is -3.43. The fraction of sp³-hybridized carbons (Fsp3) is 0.0667. The van der Waals surface area contributed by atoms with Crippen molar-refractivity contribution in [1.29, 1.82) is 10.5 Å². The van der Waals surface area contributed by atoms with Crippen LogP contribution in [-0.4, -0.2) is 18.4 Å². The van der Waals surface area contributed by atoms with Crippen LogP contribution in [0.2, 0.25) is 0 Å². The lowest BCUT2D eigenvalue weighted by molar-refractivity contribution is 0.601. The second-order valence-electron chi connectivity index (χ2n) is 4.58. The zero-order chi connectivity index (χ0) is 17.6. The van der Waals surface area contributed by atoms with Crippen molar-refractivity contribution in [1.82, 2.24) is 9.97 Å². The van der Waals surface area contributed by atoms with Crippen LogP contribution in [-0.2, 0) is 10.0 Å². The third kappa shape index (κ3) is 4.29. The molecule has 0 amide bonds. The summed E-state index contributed by atoms with van der Waals surface area (Å²) in [7, 11) is -3.81. The molecular formula is C15H12N6O2S. The van der Waals surface area contributed by atoms with Gasteiger partial charge >= 0.3 is 0 Å². The third-order valence-corrected chi connectivity index (χ3v) is 4.15. The quantitative estimate of drug-likeness (QED) is 0.795. The van der Waals surface area contributed by atoms with Crippen LogP contribution in [0.3, 0.4) is 0 Å². The number of benzene rings is 1. The molecule has 2 aromatic rings. The van der Waals surface area contributed by atoms with Crippen molar-refractivity contribution < 1.29 is 8.42 Å². The molecule has 0 aliphatic rings. The van der Waals surface area contributed by atoms with E-state index in [-0.39, 0.29) is 16.4 Å². The van der Waals surface area contributed by atoms with E-state index in [0.29, 0.717) is 11.4 Å². The van der Waals surface area contributed by atoms with Crippen molar-refractivity contribution in [2.24, 2.45) is 0 Å². The highest BCUT2D eigenvalue weighted by Crippen LogP contribution is 2.16. The molecule has 0 bridgehead atoms. The first-order chi connectivity index (χ1) is 11.4. The molecule has 0 aliphatic heterocycles. The van der Waals surface area contributed by atoms with Crippen LogP contribution in [0.15, 0.2) is 53.2 Å². The molecule has 0 saturated carbocycles. The molecule has 0 radical (unpaired) electrons. The molecule has 0 atom stereocenters. The molecule has 0 fully saturated rings. The van der Waals surface area contributed by atoms with E-state index >= 15 is 0 Å². The maximum absolute atomic E-state index is 12.3. The zero-order valence-corrected chi connectivity index (χ0v) is 13.4. The van der Waals surface area contributed by atoms with Gasteiger partial charge in [-0.2, -0.15) is 10.5 Å². The average molecular weight is 340 g/mol. The van der Waals surface area contributed by atoms with Gasteiger partial charge in [-0.15, -0.1) is 0 Å². The number of aryl methyl sites for hydroxylation is 1. The number of nitriles is 2. The van der Waals surface area contributed by atoms with Gasteiger partial charge in [-0.3, -0.25) is 0 Å². The number of aromatic nitrogens is 2. The molecular weight excluding hydrogens is 328 g/mol. The Bertz CT molecular complexity index is 937. The lowest BCUT2D eigenvalue weighted by Gasteiger charge is -2.08. The Morgan fingerprint density at radius 2 is 1.83 bits per heavy atom. The van der Waals surface area contributed by atoms with Crippen molar-refractivity contribution in [3.63, 3.8) is 0 Å². The van der Waals surface area contributed by atoms with E-state index in [1.54, 1.807) is 25.1 Å². The Labute approximate surface area is 139 Å². The van der Waals surface area contributed by atoms with Gasteiger partial charge in [0.1, 0.15) is 17.7 Å². The van der Waals surface area contributed by atoms with Crippen LogP contribution in [0.25, 0.3) is 0 Å². The minimum absolute atomic E-state index is 0.00665. The van der Waals surface area contributed by atoms with E-state index in [1.807, 2.05) is 0 Å². The largest absolute Gasteiger partial charge is 0.360 e. The van der Waals surface area contributed by atoms with Crippen LogP contribution >= 0.6 is 0 Å². The lowest BCUT2D eigenvalue weighted by atomic mass is 10.3. The smallest absolute Gasteiger partial charge is 0.264 e. The van der Waals surface area contributed by atoms with Gasteiger partial charge in [-0.25, -0.2) is 23.1 Å². The second kappa shape index (κ2) is 7.22. The molecule has 0 spiro atoms. The van der Waals surface area contributed by atoms with E-state index in [1.165, 1.54) is 36.7 Å². The summed E-state index contributed by atoms with van der Waals surface area (Å²) < 4.78 is 26.8. The monoisotopic (exact) mass is 340 g/mol. The molecule has 0 unspecified atom stereocenters. The van der Waals surface area contributed by atoms with E-state index in [9.17, 15) is 8.42 Å². The summed E-state index contributed by atoms with van der Waals surface area (Å²) in [6.07, 6.45) is 2.70. The van der Waals surface area contributed by atoms with Gasteiger partial charge in [0, 0.05) is 23.8 Å².